The average molecular weight is 394 g/mol. The molecule has 1 aromatic heterocycles. The zero-order chi connectivity index (χ0) is 20.4. The Balaban J connectivity index is 2.27. The smallest absolute Gasteiger partial charge is 0.338 e. The third-order valence-corrected chi connectivity index (χ3v) is 5.57. The molecule has 0 spiro atoms. The Hall–Kier alpha value is -2.35. The molecule has 0 fully saturated rings. The van der Waals surface area contributed by atoms with Crippen molar-refractivity contribution in [2.24, 2.45) is 0 Å². The molecule has 0 unspecified atom stereocenters. The summed E-state index contributed by atoms with van der Waals surface area (Å²) in [4.78, 5) is 12.0. The van der Waals surface area contributed by atoms with Gasteiger partial charge in [-0.1, -0.05) is 6.92 Å². The maximum absolute atomic E-state index is 12.9. The molecule has 0 bridgehead atoms. The Morgan fingerprint density at radius 2 is 1.78 bits per heavy atom. The highest BCUT2D eigenvalue weighted by molar-refractivity contribution is 7.92. The molecule has 1 heterocycles. The Labute approximate surface area is 160 Å². The van der Waals surface area contributed by atoms with E-state index in [1.165, 1.54) is 12.1 Å². The number of anilines is 1. The number of nitrogens with one attached hydrogen (secondary N) is 1. The van der Waals surface area contributed by atoms with Gasteiger partial charge in [-0.2, -0.15) is 5.10 Å². The third-order valence-electron chi connectivity index (χ3n) is 3.94. The number of benzene rings is 1. The van der Waals surface area contributed by atoms with Crippen LogP contribution in [-0.4, -0.2) is 30.8 Å². The van der Waals surface area contributed by atoms with Crippen molar-refractivity contribution in [3.63, 3.8) is 0 Å². The molecule has 27 heavy (non-hydrogen) atoms. The first-order valence-electron chi connectivity index (χ1n) is 8.84. The molecule has 0 amide bonds. The number of ether oxygens (including phenoxy) is 1. The Kier molecular flexibility index (Phi) is 5.99. The van der Waals surface area contributed by atoms with Gasteiger partial charge in [-0.3, -0.25) is 9.40 Å². The summed E-state index contributed by atoms with van der Waals surface area (Å²) < 4.78 is 35.1. The molecule has 148 valence electrons. The van der Waals surface area contributed by atoms with E-state index in [9.17, 15) is 13.2 Å². The van der Waals surface area contributed by atoms with Gasteiger partial charge in [0.25, 0.3) is 10.0 Å². The van der Waals surface area contributed by atoms with Gasteiger partial charge in [0, 0.05) is 5.69 Å². The maximum Gasteiger partial charge on any atom is 0.338 e. The number of esters is 1. The molecular formula is C19H27N3O4S. The first-order valence-corrected chi connectivity index (χ1v) is 10.3. The largest absolute Gasteiger partial charge is 0.462 e. The summed E-state index contributed by atoms with van der Waals surface area (Å²) in [5.41, 5.74) is 1.42. The maximum atomic E-state index is 12.9. The van der Waals surface area contributed by atoms with Crippen molar-refractivity contribution in [2.75, 3.05) is 11.3 Å². The molecule has 7 nitrogen and oxygen atoms in total. The van der Waals surface area contributed by atoms with Crippen LogP contribution in [0.25, 0.3) is 0 Å². The van der Waals surface area contributed by atoms with E-state index < -0.39 is 16.0 Å². The summed E-state index contributed by atoms with van der Waals surface area (Å²) in [6, 6.07) is 6.15. The monoisotopic (exact) mass is 393 g/mol. The fourth-order valence-corrected chi connectivity index (χ4v) is 4.28. The zero-order valence-electron chi connectivity index (χ0n) is 16.7. The van der Waals surface area contributed by atoms with Gasteiger partial charge in [0.2, 0.25) is 0 Å². The van der Waals surface area contributed by atoms with Crippen LogP contribution in [0.2, 0.25) is 0 Å². The van der Waals surface area contributed by atoms with Crippen LogP contribution >= 0.6 is 0 Å². The normalized spacial score (nSPS) is 12.1. The van der Waals surface area contributed by atoms with Gasteiger partial charge < -0.3 is 4.74 Å². The van der Waals surface area contributed by atoms with Crippen molar-refractivity contribution in [2.45, 2.75) is 58.4 Å². The van der Waals surface area contributed by atoms with Gasteiger partial charge in [-0.25, -0.2) is 13.2 Å². The molecule has 0 radical (unpaired) electrons. The van der Waals surface area contributed by atoms with Crippen molar-refractivity contribution in [3.05, 3.63) is 41.2 Å². The highest BCUT2D eigenvalue weighted by Crippen LogP contribution is 2.26. The number of aromatic nitrogens is 2. The van der Waals surface area contributed by atoms with E-state index in [1.807, 2.05) is 27.7 Å². The lowest BCUT2D eigenvalue weighted by molar-refractivity contribution is 0.0505. The zero-order valence-corrected chi connectivity index (χ0v) is 17.5. The van der Waals surface area contributed by atoms with Crippen LogP contribution in [0, 0.1) is 13.8 Å². The van der Waals surface area contributed by atoms with E-state index in [-0.39, 0.29) is 10.4 Å². The second kappa shape index (κ2) is 7.72. The van der Waals surface area contributed by atoms with E-state index in [0.717, 1.165) is 6.42 Å². The fraction of sp³-hybridized carbons (Fsp3) is 0.474. The van der Waals surface area contributed by atoms with Crippen molar-refractivity contribution >= 4 is 21.7 Å². The quantitative estimate of drug-likeness (QED) is 0.757. The van der Waals surface area contributed by atoms with Gasteiger partial charge >= 0.3 is 5.97 Å². The van der Waals surface area contributed by atoms with Crippen LogP contribution in [0.1, 0.15) is 55.9 Å². The lowest BCUT2D eigenvalue weighted by atomic mass is 10.1. The Bertz CT molecular complexity index is 923. The second-order valence-electron chi connectivity index (χ2n) is 7.40. The molecule has 0 saturated heterocycles. The first-order chi connectivity index (χ1) is 12.5. The molecule has 1 aromatic carbocycles. The van der Waals surface area contributed by atoms with Gasteiger partial charge in [0.15, 0.2) is 0 Å². The van der Waals surface area contributed by atoms with Crippen LogP contribution in [0.4, 0.5) is 5.69 Å². The minimum absolute atomic E-state index is 0.170. The molecule has 0 aliphatic carbocycles. The van der Waals surface area contributed by atoms with Crippen LogP contribution < -0.4 is 4.72 Å². The molecule has 0 saturated carbocycles. The van der Waals surface area contributed by atoms with E-state index in [0.29, 0.717) is 29.2 Å². The third kappa shape index (κ3) is 4.68. The number of aryl methyl sites for hydroxylation is 1. The van der Waals surface area contributed by atoms with Crippen LogP contribution in [0.15, 0.2) is 29.2 Å². The number of hydrogen-bond donors (Lipinski definition) is 1. The molecule has 2 rings (SSSR count). The highest BCUT2D eigenvalue weighted by Gasteiger charge is 2.28. The fourth-order valence-electron chi connectivity index (χ4n) is 2.83. The Morgan fingerprint density at radius 3 is 2.26 bits per heavy atom. The lowest BCUT2D eigenvalue weighted by Gasteiger charge is -2.21. The molecule has 0 atom stereocenters. The van der Waals surface area contributed by atoms with E-state index in [2.05, 4.69) is 9.82 Å². The van der Waals surface area contributed by atoms with E-state index >= 15 is 0 Å². The van der Waals surface area contributed by atoms with E-state index in [1.54, 1.807) is 30.7 Å². The van der Waals surface area contributed by atoms with Crippen molar-refractivity contribution < 1.29 is 17.9 Å². The number of sulfonamides is 1. The molecule has 8 heteroatoms. The number of rotatable bonds is 6. The van der Waals surface area contributed by atoms with Crippen molar-refractivity contribution in [3.8, 4) is 0 Å². The second-order valence-corrected chi connectivity index (χ2v) is 9.02. The summed E-state index contributed by atoms with van der Waals surface area (Å²) in [6.07, 6.45) is 0.741. The standard InChI is InChI=1S/C19H27N3O4S/c1-7-12-26-18(23)15-8-10-16(11-9-15)21-27(24,25)17-13(2)20-22(14(17)3)19(4,5)6/h8-11,21H,7,12H2,1-6H3. The number of carbonyl (C=O) groups is 1. The summed E-state index contributed by atoms with van der Waals surface area (Å²) >= 11 is 0. The summed E-state index contributed by atoms with van der Waals surface area (Å²) in [5, 5.41) is 4.39. The van der Waals surface area contributed by atoms with Gasteiger partial charge in [-0.05, 0) is 65.3 Å². The SMILES string of the molecule is CCCOC(=O)c1ccc(NS(=O)(=O)c2c(C)nn(C(C)(C)C)c2C)cc1. The molecule has 0 aliphatic rings. The van der Waals surface area contributed by atoms with Crippen molar-refractivity contribution in [1.82, 2.24) is 9.78 Å². The predicted octanol–water partition coefficient (Wildman–Crippen LogP) is 3.62. The van der Waals surface area contributed by atoms with E-state index in [4.69, 9.17) is 4.74 Å². The highest BCUT2D eigenvalue weighted by atomic mass is 32.2. The van der Waals surface area contributed by atoms with Crippen LogP contribution in [0.3, 0.4) is 0 Å². The summed E-state index contributed by atoms with van der Waals surface area (Å²) in [7, 11) is -3.81. The number of nitrogens with zero attached hydrogens (tertiary/aromatic N) is 2. The Morgan fingerprint density at radius 1 is 1.19 bits per heavy atom. The minimum Gasteiger partial charge on any atom is -0.462 e. The first kappa shape index (κ1) is 21.0. The van der Waals surface area contributed by atoms with Crippen LogP contribution in [-0.2, 0) is 20.3 Å². The van der Waals surface area contributed by atoms with Gasteiger partial charge in [0.05, 0.1) is 29.1 Å². The van der Waals surface area contributed by atoms with Crippen molar-refractivity contribution in [1.29, 1.82) is 0 Å². The molecule has 2 aromatic rings. The number of hydrogen-bond acceptors (Lipinski definition) is 5. The predicted molar refractivity (Wildman–Crippen MR) is 105 cm³/mol. The summed E-state index contributed by atoms with van der Waals surface area (Å²) in [5.74, 6) is -0.426. The minimum atomic E-state index is -3.81. The summed E-state index contributed by atoms with van der Waals surface area (Å²) in [6.45, 7) is 11.6. The average Bonchev–Trinajstić information content (AvgIpc) is 2.88. The van der Waals surface area contributed by atoms with Gasteiger partial charge in [-0.15, -0.1) is 0 Å². The van der Waals surface area contributed by atoms with Crippen LogP contribution in [0.5, 0.6) is 0 Å². The number of carbonyl (C=O) groups excluding carboxylic acids is 1. The van der Waals surface area contributed by atoms with Gasteiger partial charge in [0.1, 0.15) is 4.90 Å². The lowest BCUT2D eigenvalue weighted by Crippen LogP contribution is -2.25. The molecular weight excluding hydrogens is 366 g/mol. The molecule has 1 N–H and O–H groups in total. The topological polar surface area (TPSA) is 90.3 Å². The molecule has 0 aliphatic heterocycles.